The quantitative estimate of drug-likeness (QED) is 0.347. The second-order valence-corrected chi connectivity index (χ2v) is 6.33. The van der Waals surface area contributed by atoms with Crippen LogP contribution in [0.1, 0.15) is 76.7 Å². The van der Waals surface area contributed by atoms with E-state index in [2.05, 4.69) is 6.92 Å². The maximum absolute atomic E-state index is 9.72. The van der Waals surface area contributed by atoms with Gasteiger partial charge in [-0.3, -0.25) is 0 Å². The highest BCUT2D eigenvalue weighted by Crippen LogP contribution is 2.29. The number of phenolic OH excluding ortho intramolecular Hbond substituents is 2. The monoisotopic (exact) mass is 322 g/mol. The normalized spacial score (nSPS) is 11.0. The van der Waals surface area contributed by atoms with Crippen molar-refractivity contribution < 1.29 is 14.9 Å². The van der Waals surface area contributed by atoms with Crippen LogP contribution < -0.4 is 0 Å². The van der Waals surface area contributed by atoms with Gasteiger partial charge in [-0.15, -0.1) is 0 Å². The van der Waals surface area contributed by atoms with Crippen LogP contribution in [0.25, 0.3) is 0 Å². The SMILES string of the molecule is CCCCCCOCCCCCCCCc1cccc(O)c1O. The summed E-state index contributed by atoms with van der Waals surface area (Å²) in [6.45, 7) is 4.06. The minimum absolute atomic E-state index is 0.0165. The van der Waals surface area contributed by atoms with E-state index in [4.69, 9.17) is 4.74 Å². The number of hydrogen-bond acceptors (Lipinski definition) is 3. The summed E-state index contributed by atoms with van der Waals surface area (Å²) in [4.78, 5) is 0. The zero-order chi connectivity index (χ0) is 16.8. The van der Waals surface area contributed by atoms with Gasteiger partial charge in [0.25, 0.3) is 0 Å². The Morgan fingerprint density at radius 2 is 1.39 bits per heavy atom. The van der Waals surface area contributed by atoms with E-state index in [9.17, 15) is 10.2 Å². The molecule has 0 amide bonds. The van der Waals surface area contributed by atoms with Crippen LogP contribution in [0.4, 0.5) is 0 Å². The number of para-hydroxylation sites is 1. The number of benzene rings is 1. The number of hydrogen-bond donors (Lipinski definition) is 2. The van der Waals surface area contributed by atoms with E-state index >= 15 is 0 Å². The maximum Gasteiger partial charge on any atom is 0.160 e. The lowest BCUT2D eigenvalue weighted by atomic mass is 10.0. The smallest absolute Gasteiger partial charge is 0.160 e. The molecular weight excluding hydrogens is 288 g/mol. The molecule has 0 aromatic heterocycles. The summed E-state index contributed by atoms with van der Waals surface area (Å²) in [6, 6.07) is 5.18. The second kappa shape index (κ2) is 13.2. The molecular formula is C20H34O3. The van der Waals surface area contributed by atoms with Crippen LogP contribution in [0.3, 0.4) is 0 Å². The van der Waals surface area contributed by atoms with E-state index in [-0.39, 0.29) is 11.5 Å². The van der Waals surface area contributed by atoms with Crippen molar-refractivity contribution in [1.82, 2.24) is 0 Å². The first kappa shape index (κ1) is 19.8. The molecule has 0 unspecified atom stereocenters. The van der Waals surface area contributed by atoms with Crippen LogP contribution in [0.15, 0.2) is 18.2 Å². The number of unbranched alkanes of at least 4 members (excludes halogenated alkanes) is 8. The highest BCUT2D eigenvalue weighted by atomic mass is 16.5. The van der Waals surface area contributed by atoms with E-state index in [1.54, 1.807) is 6.07 Å². The summed E-state index contributed by atoms with van der Waals surface area (Å²) in [7, 11) is 0. The minimum Gasteiger partial charge on any atom is -0.504 e. The Morgan fingerprint density at radius 3 is 2.09 bits per heavy atom. The molecule has 132 valence electrons. The Morgan fingerprint density at radius 1 is 0.783 bits per heavy atom. The lowest BCUT2D eigenvalue weighted by molar-refractivity contribution is 0.125. The highest BCUT2D eigenvalue weighted by molar-refractivity contribution is 5.44. The molecule has 0 fully saturated rings. The van der Waals surface area contributed by atoms with Crippen LogP contribution in [0, 0.1) is 0 Å². The molecule has 1 aromatic rings. The third-order valence-corrected chi connectivity index (χ3v) is 4.23. The maximum atomic E-state index is 9.72. The number of aromatic hydroxyl groups is 2. The van der Waals surface area contributed by atoms with E-state index in [1.165, 1.54) is 63.9 Å². The third-order valence-electron chi connectivity index (χ3n) is 4.23. The zero-order valence-corrected chi connectivity index (χ0v) is 14.7. The average molecular weight is 322 g/mol. The Hall–Kier alpha value is -1.22. The average Bonchev–Trinajstić information content (AvgIpc) is 2.55. The molecule has 0 aliphatic carbocycles. The van der Waals surface area contributed by atoms with Crippen molar-refractivity contribution in [3.05, 3.63) is 23.8 Å². The molecule has 0 atom stereocenters. The predicted molar refractivity (Wildman–Crippen MR) is 96.1 cm³/mol. The van der Waals surface area contributed by atoms with E-state index in [0.717, 1.165) is 31.6 Å². The van der Waals surface area contributed by atoms with Crippen LogP contribution >= 0.6 is 0 Å². The summed E-state index contributed by atoms with van der Waals surface area (Å²) in [5.74, 6) is 0.0285. The van der Waals surface area contributed by atoms with Crippen molar-refractivity contribution >= 4 is 0 Å². The van der Waals surface area contributed by atoms with Crippen molar-refractivity contribution in [2.75, 3.05) is 13.2 Å². The third kappa shape index (κ3) is 9.50. The molecule has 0 saturated carbocycles. The van der Waals surface area contributed by atoms with Crippen LogP contribution in [-0.4, -0.2) is 23.4 Å². The van der Waals surface area contributed by atoms with Crippen molar-refractivity contribution in [2.24, 2.45) is 0 Å². The highest BCUT2D eigenvalue weighted by Gasteiger charge is 2.04. The van der Waals surface area contributed by atoms with Gasteiger partial charge in [0.2, 0.25) is 0 Å². The number of aryl methyl sites for hydroxylation is 1. The van der Waals surface area contributed by atoms with E-state index in [0.29, 0.717) is 0 Å². The van der Waals surface area contributed by atoms with Crippen molar-refractivity contribution in [3.8, 4) is 11.5 Å². The first-order valence-corrected chi connectivity index (χ1v) is 9.33. The lowest BCUT2D eigenvalue weighted by Crippen LogP contribution is -1.97. The Labute approximate surface area is 141 Å². The van der Waals surface area contributed by atoms with Gasteiger partial charge in [0.15, 0.2) is 11.5 Å². The zero-order valence-electron chi connectivity index (χ0n) is 14.7. The molecule has 0 spiro atoms. The lowest BCUT2D eigenvalue weighted by Gasteiger charge is -2.06. The van der Waals surface area contributed by atoms with Gasteiger partial charge in [0.05, 0.1) is 0 Å². The van der Waals surface area contributed by atoms with Crippen molar-refractivity contribution in [1.29, 1.82) is 0 Å². The molecule has 0 bridgehead atoms. The molecule has 23 heavy (non-hydrogen) atoms. The molecule has 1 rings (SSSR count). The molecule has 0 aliphatic rings. The summed E-state index contributed by atoms with van der Waals surface area (Å²) in [5.41, 5.74) is 0.849. The topological polar surface area (TPSA) is 49.7 Å². The summed E-state index contributed by atoms with van der Waals surface area (Å²) < 4.78 is 5.64. The number of rotatable bonds is 14. The summed E-state index contributed by atoms with van der Waals surface area (Å²) >= 11 is 0. The predicted octanol–water partition coefficient (Wildman–Crippen LogP) is 5.58. The van der Waals surface area contributed by atoms with Gasteiger partial charge in [0.1, 0.15) is 0 Å². The number of ether oxygens (including phenoxy) is 1. The standard InChI is InChI=1S/C20H34O3/c1-2-3-4-10-16-23-17-11-8-6-5-7-9-13-18-14-12-15-19(21)20(18)22/h12,14-15,21-22H,2-11,13,16-17H2,1H3. The van der Waals surface area contributed by atoms with Gasteiger partial charge in [0, 0.05) is 13.2 Å². The molecule has 1 aromatic carbocycles. The molecule has 0 saturated heterocycles. The van der Waals surface area contributed by atoms with Crippen molar-refractivity contribution in [3.63, 3.8) is 0 Å². The first-order chi connectivity index (χ1) is 11.3. The number of phenols is 2. The molecule has 0 aliphatic heterocycles. The fraction of sp³-hybridized carbons (Fsp3) is 0.700. The van der Waals surface area contributed by atoms with Crippen molar-refractivity contribution in [2.45, 2.75) is 77.6 Å². The molecule has 0 radical (unpaired) electrons. The van der Waals surface area contributed by atoms with E-state index < -0.39 is 0 Å². The minimum atomic E-state index is -0.0165. The van der Waals surface area contributed by atoms with Gasteiger partial charge in [-0.05, 0) is 37.3 Å². The van der Waals surface area contributed by atoms with Crippen LogP contribution in [0.2, 0.25) is 0 Å². The second-order valence-electron chi connectivity index (χ2n) is 6.33. The Balaban J connectivity index is 1.87. The summed E-state index contributed by atoms with van der Waals surface area (Å²) in [5, 5.41) is 19.2. The Kier molecular flexibility index (Phi) is 11.4. The Bertz CT molecular complexity index is 404. The van der Waals surface area contributed by atoms with E-state index in [1.807, 2.05) is 6.07 Å². The van der Waals surface area contributed by atoms with Gasteiger partial charge >= 0.3 is 0 Å². The molecule has 0 heterocycles. The fourth-order valence-corrected chi connectivity index (χ4v) is 2.74. The largest absolute Gasteiger partial charge is 0.504 e. The van der Waals surface area contributed by atoms with Crippen LogP contribution in [-0.2, 0) is 11.2 Å². The molecule has 2 N–H and O–H groups in total. The van der Waals surface area contributed by atoms with Gasteiger partial charge in [-0.25, -0.2) is 0 Å². The van der Waals surface area contributed by atoms with Gasteiger partial charge in [-0.1, -0.05) is 64.0 Å². The molecule has 3 heteroatoms. The van der Waals surface area contributed by atoms with Gasteiger partial charge in [-0.2, -0.15) is 0 Å². The van der Waals surface area contributed by atoms with Crippen LogP contribution in [0.5, 0.6) is 11.5 Å². The molecule has 3 nitrogen and oxygen atoms in total. The summed E-state index contributed by atoms with van der Waals surface area (Å²) in [6.07, 6.45) is 13.1. The fourth-order valence-electron chi connectivity index (χ4n) is 2.74. The first-order valence-electron chi connectivity index (χ1n) is 9.33. The van der Waals surface area contributed by atoms with Gasteiger partial charge < -0.3 is 14.9 Å².